The molecule has 220 valence electrons. The van der Waals surface area contributed by atoms with Crippen molar-refractivity contribution in [3.8, 4) is 11.3 Å². The highest BCUT2D eigenvalue weighted by atomic mass is 32.2. The normalized spacial score (nSPS) is 17.7. The van der Waals surface area contributed by atoms with Gasteiger partial charge in [0.15, 0.2) is 0 Å². The molecule has 0 amide bonds. The first kappa shape index (κ1) is 29.9. The maximum absolute atomic E-state index is 15.6. The van der Waals surface area contributed by atoms with Gasteiger partial charge in [-0.3, -0.25) is 4.98 Å². The van der Waals surface area contributed by atoms with Crippen molar-refractivity contribution in [1.29, 1.82) is 0 Å². The third-order valence-corrected chi connectivity index (χ3v) is 10.1. The van der Waals surface area contributed by atoms with E-state index in [0.29, 0.717) is 41.4 Å². The van der Waals surface area contributed by atoms with Gasteiger partial charge in [0, 0.05) is 46.3 Å². The number of benzene rings is 2. The number of nitrogens with zero attached hydrogens (tertiary/aromatic N) is 4. The molecule has 0 saturated heterocycles. The molecule has 2 aromatic carbocycles. The molecule has 42 heavy (non-hydrogen) atoms. The van der Waals surface area contributed by atoms with Gasteiger partial charge in [0.1, 0.15) is 5.82 Å². The summed E-state index contributed by atoms with van der Waals surface area (Å²) < 4.78 is 54.4. The number of halogens is 4. The van der Waals surface area contributed by atoms with Crippen LogP contribution in [0.15, 0.2) is 82.1 Å². The van der Waals surface area contributed by atoms with E-state index in [1.807, 2.05) is 30.3 Å². The van der Waals surface area contributed by atoms with Crippen LogP contribution in [0.4, 0.5) is 23.2 Å². The molecule has 2 aliphatic heterocycles. The second kappa shape index (κ2) is 11.2. The Bertz CT molecular complexity index is 1600. The quantitative estimate of drug-likeness (QED) is 0.211. The van der Waals surface area contributed by atoms with Crippen LogP contribution >= 0.6 is 10.5 Å². The van der Waals surface area contributed by atoms with Crippen molar-refractivity contribution in [3.05, 3.63) is 89.5 Å². The van der Waals surface area contributed by atoms with Crippen molar-refractivity contribution in [2.75, 3.05) is 10.7 Å². The predicted octanol–water partition coefficient (Wildman–Crippen LogP) is 9.12. The third kappa shape index (κ3) is 5.84. The van der Waals surface area contributed by atoms with Crippen LogP contribution in [0.2, 0.25) is 0 Å². The molecule has 3 aromatic rings. The molecule has 0 spiro atoms. The number of pyridine rings is 1. The fraction of sp³-hybridized carbons (Fsp3) is 0.333. The number of rotatable bonds is 6. The Hall–Kier alpha value is -3.59. The lowest BCUT2D eigenvalue weighted by atomic mass is 9.75. The fourth-order valence-corrected chi connectivity index (χ4v) is 6.38. The zero-order chi connectivity index (χ0) is 30.4. The minimum Gasteiger partial charge on any atom is -0.340 e. The zero-order valence-corrected chi connectivity index (χ0v) is 25.0. The van der Waals surface area contributed by atoms with Gasteiger partial charge < -0.3 is 4.90 Å². The van der Waals surface area contributed by atoms with Crippen molar-refractivity contribution >= 4 is 33.5 Å². The van der Waals surface area contributed by atoms with Gasteiger partial charge in [0.25, 0.3) is 0 Å². The number of hydrogen-bond acceptors (Lipinski definition) is 4. The predicted molar refractivity (Wildman–Crippen MR) is 166 cm³/mol. The summed E-state index contributed by atoms with van der Waals surface area (Å²) in [4.78, 5) is 6.96. The van der Waals surface area contributed by atoms with E-state index in [0.717, 1.165) is 52.0 Å². The molecule has 5 rings (SSSR count). The number of aromatic nitrogens is 1. The largest absolute Gasteiger partial charge is 0.417 e. The highest BCUT2D eigenvalue weighted by Gasteiger charge is 2.34. The first-order valence-electron chi connectivity index (χ1n) is 13.8. The summed E-state index contributed by atoms with van der Waals surface area (Å²) in [6.45, 7) is 13.4. The summed E-state index contributed by atoms with van der Waals surface area (Å²) >= 11 is 0. The average molecular weight is 595 g/mol. The monoisotopic (exact) mass is 594 g/mol. The van der Waals surface area contributed by atoms with Crippen molar-refractivity contribution < 1.29 is 17.6 Å². The summed E-state index contributed by atoms with van der Waals surface area (Å²) in [7, 11) is -0.416. The van der Waals surface area contributed by atoms with Crippen LogP contribution in [0.3, 0.4) is 0 Å². The Morgan fingerprint density at radius 1 is 1.02 bits per heavy atom. The number of alkyl halides is 3. The van der Waals surface area contributed by atoms with Crippen LogP contribution in [0.25, 0.3) is 11.3 Å². The first-order chi connectivity index (χ1) is 19.8. The minimum atomic E-state index is -4.43. The molecule has 0 aliphatic carbocycles. The van der Waals surface area contributed by atoms with E-state index >= 15 is 4.39 Å². The lowest BCUT2D eigenvalue weighted by Crippen LogP contribution is -2.30. The van der Waals surface area contributed by atoms with Gasteiger partial charge in [-0.1, -0.05) is 64.4 Å². The van der Waals surface area contributed by atoms with Crippen LogP contribution in [0.5, 0.6) is 0 Å². The van der Waals surface area contributed by atoms with E-state index in [9.17, 15) is 13.2 Å². The Morgan fingerprint density at radius 3 is 2.36 bits per heavy atom. The molecule has 4 nitrogen and oxygen atoms in total. The van der Waals surface area contributed by atoms with Gasteiger partial charge in [-0.2, -0.15) is 33.9 Å². The second-order valence-corrected chi connectivity index (χ2v) is 13.5. The highest BCUT2D eigenvalue weighted by Crippen LogP contribution is 2.43. The smallest absolute Gasteiger partial charge is 0.340 e. The molecular formula is C33H34F4N4S. The summed E-state index contributed by atoms with van der Waals surface area (Å²) in [5.41, 5.74) is 4.97. The zero-order valence-electron chi connectivity index (χ0n) is 24.2. The molecular weight excluding hydrogens is 560 g/mol. The van der Waals surface area contributed by atoms with Crippen molar-refractivity contribution in [2.45, 2.75) is 58.2 Å². The Morgan fingerprint density at radius 2 is 1.74 bits per heavy atom. The molecule has 0 saturated carbocycles. The molecule has 0 fully saturated rings. The van der Waals surface area contributed by atoms with Crippen molar-refractivity contribution in [2.24, 2.45) is 21.5 Å². The van der Waals surface area contributed by atoms with Gasteiger partial charge in [0.2, 0.25) is 0 Å². The maximum atomic E-state index is 15.6. The van der Waals surface area contributed by atoms with E-state index in [1.165, 1.54) is 6.07 Å². The topological polar surface area (TPSA) is 40.9 Å². The molecule has 1 unspecified atom stereocenters. The van der Waals surface area contributed by atoms with E-state index in [4.69, 9.17) is 0 Å². The van der Waals surface area contributed by atoms with Gasteiger partial charge in [-0.15, -0.1) is 0 Å². The highest BCUT2D eigenvalue weighted by molar-refractivity contribution is 8.14. The molecule has 0 N–H and O–H groups in total. The SMILES string of the molecule is C=C1CCS(=C)c2cc(F)c(C3=NN=C(C(C)(C)C(C)C)C3)cc2N1Cc1ccc(-c2ccc(C(F)(F)F)cn2)cc1. The van der Waals surface area contributed by atoms with E-state index in [2.05, 4.69) is 60.2 Å². The van der Waals surface area contributed by atoms with Gasteiger partial charge >= 0.3 is 6.18 Å². The van der Waals surface area contributed by atoms with E-state index < -0.39 is 22.2 Å². The lowest BCUT2D eigenvalue weighted by Gasteiger charge is -2.29. The van der Waals surface area contributed by atoms with Crippen molar-refractivity contribution in [3.63, 3.8) is 0 Å². The average Bonchev–Trinajstić information content (AvgIpc) is 3.42. The van der Waals surface area contributed by atoms with Crippen LogP contribution in [0.1, 0.15) is 57.2 Å². The maximum Gasteiger partial charge on any atom is 0.417 e. The lowest BCUT2D eigenvalue weighted by molar-refractivity contribution is -0.137. The molecule has 0 bridgehead atoms. The molecule has 2 aliphatic rings. The van der Waals surface area contributed by atoms with Gasteiger partial charge in [0.05, 0.1) is 28.4 Å². The Kier molecular flexibility index (Phi) is 8.00. The van der Waals surface area contributed by atoms with Crippen LogP contribution in [0, 0.1) is 17.2 Å². The molecule has 1 atom stereocenters. The van der Waals surface area contributed by atoms with Crippen molar-refractivity contribution in [1.82, 2.24) is 4.98 Å². The Labute approximate surface area is 246 Å². The second-order valence-electron chi connectivity index (χ2n) is 11.7. The Balaban J connectivity index is 1.43. The fourth-order valence-electron chi connectivity index (χ4n) is 4.94. The first-order valence-corrected chi connectivity index (χ1v) is 15.4. The number of hydrogen-bond donors (Lipinski definition) is 0. The summed E-state index contributed by atoms with van der Waals surface area (Å²) in [5, 5.41) is 8.88. The minimum absolute atomic E-state index is 0.157. The number of anilines is 1. The molecule has 9 heteroatoms. The number of fused-ring (bicyclic) bond motifs is 1. The van der Waals surface area contributed by atoms with Gasteiger partial charge in [-0.05, 0) is 47.9 Å². The molecule has 1 aromatic heterocycles. The standard InChI is InChI=1S/C33H34F4N4S/c1-20(2)32(4,5)31-17-28(39-40-31)25-15-29-30(16-26(25)34)42(6)14-13-21(3)41(29)19-22-7-9-23(10-8-22)27-12-11-24(18-38-27)33(35,36)37/h7-12,15-16,18,20H,3,6,13-14,17,19H2,1-2,4-5H3. The molecule has 0 radical (unpaired) electrons. The van der Waals surface area contributed by atoms with E-state index in [1.54, 1.807) is 6.07 Å². The van der Waals surface area contributed by atoms with Gasteiger partial charge in [-0.25, -0.2) is 4.39 Å². The van der Waals surface area contributed by atoms with Crippen LogP contribution in [-0.2, 0) is 12.7 Å². The van der Waals surface area contributed by atoms with E-state index in [-0.39, 0.29) is 11.2 Å². The van der Waals surface area contributed by atoms with Crippen LogP contribution < -0.4 is 4.90 Å². The summed E-state index contributed by atoms with van der Waals surface area (Å²) in [6, 6.07) is 13.4. The number of allylic oxidation sites excluding steroid dienone is 1. The van der Waals surface area contributed by atoms with Crippen LogP contribution in [-0.4, -0.2) is 28.0 Å². The summed E-state index contributed by atoms with van der Waals surface area (Å²) in [6.07, 6.45) is -2.36. The molecule has 3 heterocycles. The third-order valence-electron chi connectivity index (χ3n) is 8.47. The summed E-state index contributed by atoms with van der Waals surface area (Å²) in [5.74, 6) is 5.14.